The third-order valence-corrected chi connectivity index (χ3v) is 5.92. The molecule has 0 bridgehead atoms. The molecule has 190 valence electrons. The summed E-state index contributed by atoms with van der Waals surface area (Å²) in [7, 11) is 0. The van der Waals surface area contributed by atoms with Gasteiger partial charge in [-0.2, -0.15) is 0 Å². The number of nitrogens with zero attached hydrogens (tertiary/aromatic N) is 3. The van der Waals surface area contributed by atoms with Crippen molar-refractivity contribution in [2.24, 2.45) is 5.92 Å². The molecule has 2 heterocycles. The summed E-state index contributed by atoms with van der Waals surface area (Å²) >= 11 is 0. The minimum Gasteiger partial charge on any atom is -0.481 e. The van der Waals surface area contributed by atoms with Gasteiger partial charge in [0.15, 0.2) is 5.82 Å². The van der Waals surface area contributed by atoms with Crippen LogP contribution in [0.1, 0.15) is 16.7 Å². The number of carboxylic acids is 1. The number of anilines is 2. The molecule has 4 rings (SSSR count). The highest BCUT2D eigenvalue weighted by Crippen LogP contribution is 2.28. The molecule has 8 nitrogen and oxygen atoms in total. The first-order valence-electron chi connectivity index (χ1n) is 10.9. The van der Waals surface area contributed by atoms with Crippen molar-refractivity contribution in [2.75, 3.05) is 18.4 Å². The van der Waals surface area contributed by atoms with E-state index in [9.17, 15) is 27.2 Å². The first-order chi connectivity index (χ1) is 16.9. The second-order valence-corrected chi connectivity index (χ2v) is 8.55. The number of alkyl halides is 3. The summed E-state index contributed by atoms with van der Waals surface area (Å²) in [4.78, 5) is 30.1. The summed E-state index contributed by atoms with van der Waals surface area (Å²) in [5, 5.41) is 11.6. The standard InChI is InChI=1S/C24H22F4N4O4/c1-13-7-16(8-14(2)18(13)12-31-10-15(11-31)23(34)35)32-6-5-29-21(22(32)33)30-20-4-3-17(9-19(20)25)36-24(26,27)28/h3-9,15H,10-12H2,1-2H3,(H,29,30)(H,34,35). The van der Waals surface area contributed by atoms with Crippen molar-refractivity contribution in [3.63, 3.8) is 0 Å². The van der Waals surface area contributed by atoms with E-state index in [4.69, 9.17) is 5.11 Å². The summed E-state index contributed by atoms with van der Waals surface area (Å²) in [6.45, 7) is 5.34. The maximum atomic E-state index is 14.3. The summed E-state index contributed by atoms with van der Waals surface area (Å²) < 4.78 is 56.4. The fourth-order valence-corrected chi connectivity index (χ4v) is 4.06. The van der Waals surface area contributed by atoms with Crippen molar-refractivity contribution in [2.45, 2.75) is 26.8 Å². The van der Waals surface area contributed by atoms with Gasteiger partial charge >= 0.3 is 12.3 Å². The van der Waals surface area contributed by atoms with Gasteiger partial charge in [0.2, 0.25) is 0 Å². The SMILES string of the molecule is Cc1cc(-n2ccnc(Nc3ccc(OC(F)(F)F)cc3F)c2=O)cc(C)c1CN1CC(C(=O)O)C1. The normalized spacial score (nSPS) is 14.4. The molecule has 36 heavy (non-hydrogen) atoms. The molecule has 2 aromatic carbocycles. The van der Waals surface area contributed by atoms with Gasteiger partial charge < -0.3 is 15.2 Å². The first kappa shape index (κ1) is 25.2. The van der Waals surface area contributed by atoms with Crippen LogP contribution in [0.25, 0.3) is 5.69 Å². The van der Waals surface area contributed by atoms with E-state index in [-0.39, 0.29) is 17.4 Å². The van der Waals surface area contributed by atoms with Crippen LogP contribution in [0.2, 0.25) is 0 Å². The second kappa shape index (κ2) is 9.61. The van der Waals surface area contributed by atoms with Crippen LogP contribution in [0.5, 0.6) is 5.75 Å². The lowest BCUT2D eigenvalue weighted by Crippen LogP contribution is -2.49. The Morgan fingerprint density at radius 2 is 1.86 bits per heavy atom. The number of aryl methyl sites for hydroxylation is 2. The van der Waals surface area contributed by atoms with Crippen molar-refractivity contribution < 1.29 is 32.2 Å². The molecule has 3 aromatic rings. The van der Waals surface area contributed by atoms with Crippen LogP contribution >= 0.6 is 0 Å². The summed E-state index contributed by atoms with van der Waals surface area (Å²) in [6, 6.07) is 6.11. The number of hydrogen-bond donors (Lipinski definition) is 2. The highest BCUT2D eigenvalue weighted by Gasteiger charge is 2.33. The highest BCUT2D eigenvalue weighted by molar-refractivity contribution is 5.71. The largest absolute Gasteiger partial charge is 0.573 e. The highest BCUT2D eigenvalue weighted by atomic mass is 19.4. The monoisotopic (exact) mass is 506 g/mol. The number of aliphatic carboxylic acids is 1. The third-order valence-electron chi connectivity index (χ3n) is 5.92. The topological polar surface area (TPSA) is 96.7 Å². The quantitative estimate of drug-likeness (QED) is 0.465. The molecule has 1 aliphatic rings. The molecule has 0 amide bonds. The minimum atomic E-state index is -4.96. The molecule has 0 saturated carbocycles. The lowest BCUT2D eigenvalue weighted by atomic mass is 9.96. The number of rotatable bonds is 7. The average Bonchev–Trinajstić information content (AvgIpc) is 2.73. The van der Waals surface area contributed by atoms with Gasteiger partial charge in [-0.1, -0.05) is 0 Å². The second-order valence-electron chi connectivity index (χ2n) is 8.55. The molecular weight excluding hydrogens is 484 g/mol. The Bertz CT molecular complexity index is 1340. The molecule has 1 saturated heterocycles. The zero-order valence-corrected chi connectivity index (χ0v) is 19.3. The van der Waals surface area contributed by atoms with Gasteiger partial charge in [0, 0.05) is 43.8 Å². The molecule has 0 radical (unpaired) electrons. The molecule has 0 aliphatic carbocycles. The Kier molecular flexibility index (Phi) is 6.72. The van der Waals surface area contributed by atoms with Gasteiger partial charge in [-0.05, 0) is 54.8 Å². The maximum Gasteiger partial charge on any atom is 0.573 e. The van der Waals surface area contributed by atoms with Gasteiger partial charge in [-0.3, -0.25) is 19.1 Å². The van der Waals surface area contributed by atoms with Crippen LogP contribution in [0.4, 0.5) is 29.1 Å². The zero-order valence-electron chi connectivity index (χ0n) is 19.3. The van der Waals surface area contributed by atoms with E-state index < -0.39 is 29.5 Å². The van der Waals surface area contributed by atoms with E-state index in [1.807, 2.05) is 30.9 Å². The van der Waals surface area contributed by atoms with Crippen molar-refractivity contribution in [1.29, 1.82) is 0 Å². The maximum absolute atomic E-state index is 14.3. The Morgan fingerprint density at radius 1 is 1.19 bits per heavy atom. The van der Waals surface area contributed by atoms with Crippen molar-refractivity contribution in [3.8, 4) is 11.4 Å². The molecule has 1 aromatic heterocycles. The van der Waals surface area contributed by atoms with E-state index >= 15 is 0 Å². The Morgan fingerprint density at radius 3 is 2.44 bits per heavy atom. The average molecular weight is 506 g/mol. The number of likely N-dealkylation sites (tertiary alicyclic amines) is 1. The molecule has 12 heteroatoms. The predicted octanol–water partition coefficient (Wildman–Crippen LogP) is 4.15. The van der Waals surface area contributed by atoms with E-state index in [0.29, 0.717) is 31.4 Å². The lowest BCUT2D eigenvalue weighted by molar-refractivity contribution is -0.274. The van der Waals surface area contributed by atoms with E-state index in [0.717, 1.165) is 28.8 Å². The van der Waals surface area contributed by atoms with Gasteiger partial charge in [0.05, 0.1) is 11.6 Å². The predicted molar refractivity (Wildman–Crippen MR) is 122 cm³/mol. The zero-order chi connectivity index (χ0) is 26.2. The van der Waals surface area contributed by atoms with E-state index in [2.05, 4.69) is 15.0 Å². The van der Waals surface area contributed by atoms with Crippen molar-refractivity contribution in [1.82, 2.24) is 14.5 Å². The first-order valence-corrected chi connectivity index (χ1v) is 10.9. The van der Waals surface area contributed by atoms with Crippen LogP contribution in [0.15, 0.2) is 47.5 Å². The Hall–Kier alpha value is -3.93. The van der Waals surface area contributed by atoms with Crippen LogP contribution < -0.4 is 15.6 Å². The molecule has 2 N–H and O–H groups in total. The summed E-state index contributed by atoms with van der Waals surface area (Å²) in [6.07, 6.45) is -2.17. The number of carbonyl (C=O) groups is 1. The molecule has 0 spiro atoms. The number of halogens is 4. The van der Waals surface area contributed by atoms with Crippen LogP contribution in [-0.2, 0) is 11.3 Å². The van der Waals surface area contributed by atoms with Crippen molar-refractivity contribution >= 4 is 17.5 Å². The minimum absolute atomic E-state index is 0.222. The van der Waals surface area contributed by atoms with Gasteiger partial charge in [-0.25, -0.2) is 9.37 Å². The van der Waals surface area contributed by atoms with Crippen molar-refractivity contribution in [3.05, 3.63) is 75.6 Å². The van der Waals surface area contributed by atoms with Crippen LogP contribution in [0, 0.1) is 25.6 Å². The number of hydrogen-bond acceptors (Lipinski definition) is 6. The molecule has 1 fully saturated rings. The van der Waals surface area contributed by atoms with Gasteiger partial charge in [-0.15, -0.1) is 13.2 Å². The number of ether oxygens (including phenoxy) is 1. The van der Waals surface area contributed by atoms with Crippen LogP contribution in [-0.4, -0.2) is 45.0 Å². The third kappa shape index (κ3) is 5.48. The fraction of sp³-hybridized carbons (Fsp3) is 0.292. The van der Waals surface area contributed by atoms with Gasteiger partial charge in [0.1, 0.15) is 11.6 Å². The van der Waals surface area contributed by atoms with E-state index in [1.165, 1.54) is 17.0 Å². The lowest BCUT2D eigenvalue weighted by Gasteiger charge is -2.37. The Labute approximate surface area is 202 Å². The van der Waals surface area contributed by atoms with Crippen LogP contribution in [0.3, 0.4) is 0 Å². The number of carboxylic acid groups (broad SMARTS) is 1. The molecule has 0 atom stereocenters. The number of aromatic nitrogens is 2. The smallest absolute Gasteiger partial charge is 0.481 e. The molecular formula is C24H22F4N4O4. The van der Waals surface area contributed by atoms with E-state index in [1.54, 1.807) is 0 Å². The molecule has 1 aliphatic heterocycles. The fourth-order valence-electron chi connectivity index (χ4n) is 4.06. The molecule has 0 unspecified atom stereocenters. The Balaban J connectivity index is 1.55. The summed E-state index contributed by atoms with van der Waals surface area (Å²) in [5.41, 5.74) is 2.56. The summed E-state index contributed by atoms with van der Waals surface area (Å²) in [5.74, 6) is -3.17. The van der Waals surface area contributed by atoms with Gasteiger partial charge in [0.25, 0.3) is 5.56 Å². The number of benzene rings is 2. The number of nitrogens with one attached hydrogen (secondary N) is 1.